The zero-order chi connectivity index (χ0) is 18.3. The standard InChI is InChI=1S/C20H23N3O3/c1-22(2)18-8-7-17(15-5-3-4-6-16(15)18)20(25)23-9-13-11-26-12-14(10-23)21-19(13)24/h3-8,13-14H,9-12H2,1-2H3,(H,21,24)/t13-,14+/m1/s1. The van der Waals surface area contributed by atoms with Crippen LogP contribution in [-0.2, 0) is 9.53 Å². The maximum atomic E-state index is 13.3. The molecule has 1 N–H and O–H groups in total. The molecule has 2 fully saturated rings. The number of ether oxygens (including phenoxy) is 1. The number of hydrogen-bond acceptors (Lipinski definition) is 4. The maximum absolute atomic E-state index is 13.3. The van der Waals surface area contributed by atoms with Crippen LogP contribution in [0.15, 0.2) is 36.4 Å². The van der Waals surface area contributed by atoms with Crippen molar-refractivity contribution in [3.05, 3.63) is 42.0 Å². The minimum atomic E-state index is -0.307. The smallest absolute Gasteiger partial charge is 0.254 e. The fourth-order valence-electron chi connectivity index (χ4n) is 3.83. The number of carbonyl (C=O) groups is 2. The normalized spacial score (nSPS) is 22.7. The van der Waals surface area contributed by atoms with Gasteiger partial charge < -0.3 is 19.9 Å². The Balaban J connectivity index is 1.73. The fraction of sp³-hybridized carbons (Fsp3) is 0.400. The summed E-state index contributed by atoms with van der Waals surface area (Å²) in [6.07, 6.45) is 0. The molecule has 2 amide bonds. The van der Waals surface area contributed by atoms with Gasteiger partial charge in [0.2, 0.25) is 5.91 Å². The van der Waals surface area contributed by atoms with Crippen LogP contribution in [0.1, 0.15) is 10.4 Å². The summed E-state index contributed by atoms with van der Waals surface area (Å²) in [7, 11) is 3.99. The van der Waals surface area contributed by atoms with Gasteiger partial charge in [-0.3, -0.25) is 9.59 Å². The zero-order valence-corrected chi connectivity index (χ0v) is 15.1. The fourth-order valence-corrected chi connectivity index (χ4v) is 3.83. The van der Waals surface area contributed by atoms with Crippen LogP contribution in [0.3, 0.4) is 0 Å². The van der Waals surface area contributed by atoms with Crippen LogP contribution in [0.4, 0.5) is 5.69 Å². The van der Waals surface area contributed by atoms with E-state index in [1.165, 1.54) is 0 Å². The van der Waals surface area contributed by atoms with Crippen LogP contribution in [0.25, 0.3) is 10.8 Å². The van der Waals surface area contributed by atoms with Gasteiger partial charge in [0, 0.05) is 43.8 Å². The first-order valence-corrected chi connectivity index (χ1v) is 8.91. The average molecular weight is 353 g/mol. The molecule has 2 aromatic rings. The predicted molar refractivity (Wildman–Crippen MR) is 100 cm³/mol. The molecule has 4 rings (SSSR count). The molecular weight excluding hydrogens is 330 g/mol. The molecule has 0 radical (unpaired) electrons. The number of nitrogens with zero attached hydrogens (tertiary/aromatic N) is 2. The van der Waals surface area contributed by atoms with E-state index < -0.39 is 0 Å². The molecule has 2 aromatic carbocycles. The molecule has 2 bridgehead atoms. The number of fused-ring (bicyclic) bond motifs is 4. The van der Waals surface area contributed by atoms with E-state index in [1.54, 1.807) is 4.90 Å². The molecule has 0 saturated carbocycles. The Morgan fingerprint density at radius 3 is 2.65 bits per heavy atom. The van der Waals surface area contributed by atoms with E-state index in [1.807, 2.05) is 55.4 Å². The molecule has 2 aliphatic rings. The number of nitrogens with one attached hydrogen (secondary N) is 1. The highest BCUT2D eigenvalue weighted by Gasteiger charge is 2.35. The Kier molecular flexibility index (Phi) is 4.28. The van der Waals surface area contributed by atoms with Crippen molar-refractivity contribution in [2.45, 2.75) is 6.04 Å². The van der Waals surface area contributed by atoms with Gasteiger partial charge in [0.05, 0.1) is 25.2 Å². The van der Waals surface area contributed by atoms with Gasteiger partial charge in [-0.05, 0) is 17.5 Å². The number of anilines is 1. The number of benzene rings is 2. The van der Waals surface area contributed by atoms with E-state index in [9.17, 15) is 9.59 Å². The van der Waals surface area contributed by atoms with Crippen molar-refractivity contribution in [2.75, 3.05) is 45.3 Å². The average Bonchev–Trinajstić information content (AvgIpc) is 2.88. The van der Waals surface area contributed by atoms with Crippen molar-refractivity contribution in [1.82, 2.24) is 10.2 Å². The van der Waals surface area contributed by atoms with E-state index in [0.717, 1.165) is 16.5 Å². The number of rotatable bonds is 2. The third-order valence-electron chi connectivity index (χ3n) is 5.14. The molecule has 26 heavy (non-hydrogen) atoms. The van der Waals surface area contributed by atoms with Gasteiger partial charge >= 0.3 is 0 Å². The molecule has 2 aliphatic heterocycles. The Morgan fingerprint density at radius 2 is 1.88 bits per heavy atom. The monoisotopic (exact) mass is 353 g/mol. The molecule has 0 unspecified atom stereocenters. The van der Waals surface area contributed by atoms with Crippen LogP contribution >= 0.6 is 0 Å². The Labute approximate surface area is 152 Å². The summed E-state index contributed by atoms with van der Waals surface area (Å²) < 4.78 is 5.55. The van der Waals surface area contributed by atoms with Gasteiger partial charge in [-0.2, -0.15) is 0 Å². The van der Waals surface area contributed by atoms with Crippen LogP contribution in [0.5, 0.6) is 0 Å². The van der Waals surface area contributed by atoms with Crippen molar-refractivity contribution >= 4 is 28.3 Å². The van der Waals surface area contributed by atoms with Crippen LogP contribution in [0, 0.1) is 5.92 Å². The van der Waals surface area contributed by atoms with Crippen LogP contribution in [-0.4, -0.2) is 63.2 Å². The Morgan fingerprint density at radius 1 is 1.12 bits per heavy atom. The van der Waals surface area contributed by atoms with E-state index in [4.69, 9.17) is 4.74 Å². The topological polar surface area (TPSA) is 61.9 Å². The number of hydrogen-bond donors (Lipinski definition) is 1. The first kappa shape index (κ1) is 16.8. The van der Waals surface area contributed by atoms with Crippen molar-refractivity contribution in [3.63, 3.8) is 0 Å². The van der Waals surface area contributed by atoms with Crippen molar-refractivity contribution in [3.8, 4) is 0 Å². The highest BCUT2D eigenvalue weighted by atomic mass is 16.5. The molecule has 2 atom stereocenters. The summed E-state index contributed by atoms with van der Waals surface area (Å²) in [4.78, 5) is 29.4. The van der Waals surface area contributed by atoms with Gasteiger partial charge in [-0.25, -0.2) is 0 Å². The molecule has 2 heterocycles. The summed E-state index contributed by atoms with van der Waals surface area (Å²) in [5.41, 5.74) is 1.76. The molecule has 0 aliphatic carbocycles. The summed E-state index contributed by atoms with van der Waals surface area (Å²) >= 11 is 0. The van der Waals surface area contributed by atoms with Crippen LogP contribution < -0.4 is 10.2 Å². The van der Waals surface area contributed by atoms with Gasteiger partial charge in [0.25, 0.3) is 5.91 Å². The highest BCUT2D eigenvalue weighted by molar-refractivity contribution is 6.10. The quantitative estimate of drug-likeness (QED) is 0.889. The minimum absolute atomic E-state index is 0.0180. The second-order valence-electron chi connectivity index (χ2n) is 7.22. The lowest BCUT2D eigenvalue weighted by Crippen LogP contribution is -2.44. The maximum Gasteiger partial charge on any atom is 0.254 e. The second kappa shape index (κ2) is 6.61. The summed E-state index contributed by atoms with van der Waals surface area (Å²) in [5.74, 6) is -0.353. The molecule has 0 aromatic heterocycles. The van der Waals surface area contributed by atoms with Crippen molar-refractivity contribution in [1.29, 1.82) is 0 Å². The molecule has 6 nitrogen and oxygen atoms in total. The van der Waals surface area contributed by atoms with Gasteiger partial charge in [-0.1, -0.05) is 24.3 Å². The first-order chi connectivity index (χ1) is 12.5. The van der Waals surface area contributed by atoms with Gasteiger partial charge in [0.15, 0.2) is 0 Å². The van der Waals surface area contributed by atoms with E-state index in [-0.39, 0.29) is 23.8 Å². The lowest BCUT2D eigenvalue weighted by atomic mass is 10.0. The summed E-state index contributed by atoms with van der Waals surface area (Å²) in [5, 5.41) is 4.96. The van der Waals surface area contributed by atoms with Gasteiger partial charge in [-0.15, -0.1) is 0 Å². The SMILES string of the molecule is CN(C)c1ccc(C(=O)N2C[C@H]3COC[C@@H](C2)C(=O)N3)c2ccccc12. The summed E-state index contributed by atoms with van der Waals surface area (Å²) in [6, 6.07) is 11.7. The van der Waals surface area contributed by atoms with Crippen LogP contribution in [0.2, 0.25) is 0 Å². The van der Waals surface area contributed by atoms with E-state index in [0.29, 0.717) is 31.9 Å². The molecule has 2 saturated heterocycles. The predicted octanol–water partition coefficient (Wildman–Crippen LogP) is 1.49. The molecule has 136 valence electrons. The third kappa shape index (κ3) is 2.90. The molecular formula is C20H23N3O3. The number of carbonyl (C=O) groups excluding carboxylic acids is 2. The second-order valence-corrected chi connectivity index (χ2v) is 7.22. The molecule has 6 heteroatoms. The third-order valence-corrected chi connectivity index (χ3v) is 5.14. The number of amides is 2. The first-order valence-electron chi connectivity index (χ1n) is 8.91. The zero-order valence-electron chi connectivity index (χ0n) is 15.1. The Bertz CT molecular complexity index is 865. The summed E-state index contributed by atoms with van der Waals surface area (Å²) in [6.45, 7) is 1.69. The lowest BCUT2D eigenvalue weighted by molar-refractivity contribution is -0.125. The van der Waals surface area contributed by atoms with Crippen molar-refractivity contribution in [2.24, 2.45) is 5.92 Å². The Hall–Kier alpha value is -2.60. The highest BCUT2D eigenvalue weighted by Crippen LogP contribution is 2.29. The van der Waals surface area contributed by atoms with Crippen molar-refractivity contribution < 1.29 is 14.3 Å². The van der Waals surface area contributed by atoms with Gasteiger partial charge in [0.1, 0.15) is 0 Å². The van der Waals surface area contributed by atoms with E-state index >= 15 is 0 Å². The van der Waals surface area contributed by atoms with E-state index in [2.05, 4.69) is 5.32 Å². The lowest BCUT2D eigenvalue weighted by Gasteiger charge is -2.28. The largest absolute Gasteiger partial charge is 0.378 e. The molecule has 0 spiro atoms. The minimum Gasteiger partial charge on any atom is -0.378 e.